The minimum absolute atomic E-state index is 0.0563. The van der Waals surface area contributed by atoms with E-state index in [1.54, 1.807) is 0 Å². The van der Waals surface area contributed by atoms with Crippen molar-refractivity contribution < 1.29 is 32.0 Å². The van der Waals surface area contributed by atoms with E-state index in [0.29, 0.717) is 12.8 Å². The average molecular weight is 379 g/mol. The number of nitro groups is 1. The Labute approximate surface area is 146 Å². The standard InChI is InChI=1S/C15H17F4N3O4/c1-26-10-6-11(16)13(22(24)25)12(7-10)20-8-9-2-4-21(5-3-9)14(23)15(17,18)19/h6-7,9,20H,2-5,8H2,1H3. The van der Waals surface area contributed by atoms with Gasteiger partial charge in [0.25, 0.3) is 0 Å². The molecule has 0 spiro atoms. The summed E-state index contributed by atoms with van der Waals surface area (Å²) in [7, 11) is 1.29. The molecule has 0 saturated carbocycles. The molecule has 0 atom stereocenters. The van der Waals surface area contributed by atoms with Crippen molar-refractivity contribution in [2.75, 3.05) is 32.1 Å². The molecular weight excluding hydrogens is 362 g/mol. The van der Waals surface area contributed by atoms with Crippen LogP contribution in [0.15, 0.2) is 12.1 Å². The summed E-state index contributed by atoms with van der Waals surface area (Å²) in [6.07, 6.45) is -4.30. The lowest BCUT2D eigenvalue weighted by Crippen LogP contribution is -2.46. The van der Waals surface area contributed by atoms with Gasteiger partial charge in [-0.1, -0.05) is 0 Å². The molecule has 1 aliphatic heterocycles. The van der Waals surface area contributed by atoms with E-state index in [1.165, 1.54) is 13.2 Å². The average Bonchev–Trinajstić information content (AvgIpc) is 2.58. The Balaban J connectivity index is 1.99. The third-order valence-corrected chi connectivity index (χ3v) is 4.18. The highest BCUT2D eigenvalue weighted by atomic mass is 19.4. The van der Waals surface area contributed by atoms with Crippen LogP contribution in [0.2, 0.25) is 0 Å². The zero-order chi connectivity index (χ0) is 19.5. The highest BCUT2D eigenvalue weighted by Crippen LogP contribution is 2.33. The van der Waals surface area contributed by atoms with Gasteiger partial charge < -0.3 is 15.0 Å². The molecule has 1 saturated heterocycles. The maximum Gasteiger partial charge on any atom is 0.471 e. The number of nitro benzene ring substituents is 1. The first-order valence-electron chi connectivity index (χ1n) is 7.75. The number of likely N-dealkylation sites (tertiary alicyclic amines) is 1. The van der Waals surface area contributed by atoms with Gasteiger partial charge in [-0.05, 0) is 18.8 Å². The molecule has 144 valence electrons. The van der Waals surface area contributed by atoms with Crippen molar-refractivity contribution in [2.24, 2.45) is 5.92 Å². The Hall–Kier alpha value is -2.59. The summed E-state index contributed by atoms with van der Waals surface area (Å²) in [6, 6.07) is 2.17. The van der Waals surface area contributed by atoms with Crippen LogP contribution in [0, 0.1) is 21.8 Å². The summed E-state index contributed by atoms with van der Waals surface area (Å²) in [4.78, 5) is 22.1. The van der Waals surface area contributed by atoms with Crippen molar-refractivity contribution in [3.63, 3.8) is 0 Å². The van der Waals surface area contributed by atoms with E-state index in [9.17, 15) is 32.5 Å². The Morgan fingerprint density at radius 2 is 2.00 bits per heavy atom. The number of methoxy groups -OCH3 is 1. The van der Waals surface area contributed by atoms with Crippen LogP contribution in [0.4, 0.5) is 28.9 Å². The van der Waals surface area contributed by atoms with Gasteiger partial charge in [0.2, 0.25) is 5.82 Å². The second-order valence-electron chi connectivity index (χ2n) is 5.88. The molecule has 0 unspecified atom stereocenters. The fourth-order valence-electron chi connectivity index (χ4n) is 2.79. The van der Waals surface area contributed by atoms with Crippen molar-refractivity contribution in [1.82, 2.24) is 4.90 Å². The number of ether oxygens (including phenoxy) is 1. The normalized spacial score (nSPS) is 15.7. The molecule has 7 nitrogen and oxygen atoms in total. The van der Waals surface area contributed by atoms with Crippen molar-refractivity contribution in [2.45, 2.75) is 19.0 Å². The number of carbonyl (C=O) groups excluding carboxylic acids is 1. The lowest BCUT2D eigenvalue weighted by Gasteiger charge is -2.32. The predicted molar refractivity (Wildman–Crippen MR) is 83.5 cm³/mol. The molecule has 1 aromatic carbocycles. The largest absolute Gasteiger partial charge is 0.497 e. The topological polar surface area (TPSA) is 84.7 Å². The molecule has 1 fully saturated rings. The van der Waals surface area contributed by atoms with Gasteiger partial charge in [0.15, 0.2) is 0 Å². The zero-order valence-electron chi connectivity index (χ0n) is 13.8. The van der Waals surface area contributed by atoms with Crippen molar-refractivity contribution in [1.29, 1.82) is 0 Å². The van der Waals surface area contributed by atoms with Crippen LogP contribution in [-0.2, 0) is 4.79 Å². The van der Waals surface area contributed by atoms with Gasteiger partial charge >= 0.3 is 17.8 Å². The van der Waals surface area contributed by atoms with Gasteiger partial charge in [0.1, 0.15) is 11.4 Å². The number of hydrogen-bond donors (Lipinski definition) is 1. The minimum Gasteiger partial charge on any atom is -0.497 e. The molecular formula is C15H17F4N3O4. The smallest absolute Gasteiger partial charge is 0.471 e. The fourth-order valence-corrected chi connectivity index (χ4v) is 2.79. The molecule has 1 aliphatic rings. The first-order chi connectivity index (χ1) is 12.1. The summed E-state index contributed by atoms with van der Waals surface area (Å²) in [6.45, 7) is 0.0833. The Kier molecular flexibility index (Phi) is 5.88. The summed E-state index contributed by atoms with van der Waals surface area (Å²) >= 11 is 0. The van der Waals surface area contributed by atoms with E-state index in [4.69, 9.17) is 4.74 Å². The Bertz CT molecular complexity index is 688. The van der Waals surface area contributed by atoms with E-state index in [-0.39, 0.29) is 37.0 Å². The lowest BCUT2D eigenvalue weighted by atomic mass is 9.96. The van der Waals surface area contributed by atoms with E-state index >= 15 is 0 Å². The number of amides is 1. The van der Waals surface area contributed by atoms with Crippen molar-refractivity contribution in [3.05, 3.63) is 28.1 Å². The van der Waals surface area contributed by atoms with Gasteiger partial charge in [-0.15, -0.1) is 0 Å². The molecule has 11 heteroatoms. The van der Waals surface area contributed by atoms with E-state index in [0.717, 1.165) is 11.0 Å². The number of rotatable bonds is 5. The number of carbonyl (C=O) groups is 1. The molecule has 0 aliphatic carbocycles. The molecule has 1 heterocycles. The summed E-state index contributed by atoms with van der Waals surface area (Å²) < 4.78 is 56.0. The summed E-state index contributed by atoms with van der Waals surface area (Å²) in [5.41, 5.74) is -0.795. The van der Waals surface area contributed by atoms with Crippen molar-refractivity contribution >= 4 is 17.3 Å². The van der Waals surface area contributed by atoms with Crippen LogP contribution in [0.1, 0.15) is 12.8 Å². The third-order valence-electron chi connectivity index (χ3n) is 4.18. The van der Waals surface area contributed by atoms with Gasteiger partial charge in [0, 0.05) is 31.8 Å². The fraction of sp³-hybridized carbons (Fsp3) is 0.533. The number of anilines is 1. The van der Waals surface area contributed by atoms with Crippen LogP contribution in [0.5, 0.6) is 5.75 Å². The summed E-state index contributed by atoms with van der Waals surface area (Å²) in [5.74, 6) is -2.93. The van der Waals surface area contributed by atoms with Gasteiger partial charge in [-0.2, -0.15) is 17.6 Å². The number of benzene rings is 1. The van der Waals surface area contributed by atoms with Crippen molar-refractivity contribution in [3.8, 4) is 5.75 Å². The molecule has 26 heavy (non-hydrogen) atoms. The first-order valence-corrected chi connectivity index (χ1v) is 7.75. The van der Waals surface area contributed by atoms with E-state index in [2.05, 4.69) is 5.32 Å². The van der Waals surface area contributed by atoms with Crippen LogP contribution >= 0.6 is 0 Å². The molecule has 1 amide bonds. The zero-order valence-corrected chi connectivity index (χ0v) is 13.8. The highest BCUT2D eigenvalue weighted by molar-refractivity contribution is 5.81. The van der Waals surface area contributed by atoms with Crippen LogP contribution < -0.4 is 10.1 Å². The number of piperidine rings is 1. The number of nitrogens with one attached hydrogen (secondary N) is 1. The number of nitrogens with zero attached hydrogens (tertiary/aromatic N) is 2. The second kappa shape index (κ2) is 7.75. The molecule has 0 bridgehead atoms. The molecule has 2 rings (SSSR count). The lowest BCUT2D eigenvalue weighted by molar-refractivity contribution is -0.386. The second-order valence-corrected chi connectivity index (χ2v) is 5.88. The highest BCUT2D eigenvalue weighted by Gasteiger charge is 2.43. The Morgan fingerprint density at radius 1 is 1.38 bits per heavy atom. The van der Waals surface area contributed by atoms with E-state index < -0.39 is 28.5 Å². The van der Waals surface area contributed by atoms with Crippen LogP contribution in [0.3, 0.4) is 0 Å². The SMILES string of the molecule is COc1cc(F)c([N+](=O)[O-])c(NCC2CCN(C(=O)C(F)(F)F)CC2)c1. The molecule has 1 aromatic rings. The van der Waals surface area contributed by atoms with Crippen LogP contribution in [0.25, 0.3) is 0 Å². The number of hydrogen-bond acceptors (Lipinski definition) is 5. The predicted octanol–water partition coefficient (Wildman–Crippen LogP) is 2.96. The monoisotopic (exact) mass is 379 g/mol. The van der Waals surface area contributed by atoms with Gasteiger partial charge in [-0.25, -0.2) is 0 Å². The Morgan fingerprint density at radius 3 is 2.50 bits per heavy atom. The molecule has 1 N–H and O–H groups in total. The summed E-state index contributed by atoms with van der Waals surface area (Å²) in [5, 5.41) is 13.8. The number of alkyl halides is 3. The van der Waals surface area contributed by atoms with Crippen LogP contribution in [-0.4, -0.2) is 48.7 Å². The minimum atomic E-state index is -4.90. The van der Waals surface area contributed by atoms with Gasteiger partial charge in [-0.3, -0.25) is 14.9 Å². The quantitative estimate of drug-likeness (QED) is 0.483. The van der Waals surface area contributed by atoms with E-state index in [1.807, 2.05) is 0 Å². The molecule has 0 radical (unpaired) electrons. The third kappa shape index (κ3) is 4.52. The first kappa shape index (κ1) is 19.7. The maximum absolute atomic E-state index is 13.9. The maximum atomic E-state index is 13.9. The van der Waals surface area contributed by atoms with Gasteiger partial charge in [0.05, 0.1) is 12.0 Å². The number of halogens is 4. The molecule has 0 aromatic heterocycles.